The zero-order chi connectivity index (χ0) is 12.3. The summed E-state index contributed by atoms with van der Waals surface area (Å²) < 4.78 is 0. The van der Waals surface area contributed by atoms with Gasteiger partial charge >= 0.3 is 5.69 Å². The van der Waals surface area contributed by atoms with Crippen molar-refractivity contribution < 1.29 is 4.92 Å². The van der Waals surface area contributed by atoms with E-state index >= 15 is 0 Å². The van der Waals surface area contributed by atoms with Crippen molar-refractivity contribution >= 4 is 11.4 Å². The molecule has 5 nitrogen and oxygen atoms in total. The summed E-state index contributed by atoms with van der Waals surface area (Å²) in [4.78, 5) is 12.6. The van der Waals surface area contributed by atoms with Crippen molar-refractivity contribution in [2.24, 2.45) is 0 Å². The third-order valence-corrected chi connectivity index (χ3v) is 3.01. The van der Waals surface area contributed by atoms with Gasteiger partial charge in [0.15, 0.2) is 0 Å². The highest BCUT2D eigenvalue weighted by Gasteiger charge is 2.24. The number of nitriles is 1. The molecule has 2 rings (SSSR count). The van der Waals surface area contributed by atoms with E-state index in [0.29, 0.717) is 5.69 Å². The fraction of sp³-hybridized carbons (Fsp3) is 0.417. The van der Waals surface area contributed by atoms with E-state index in [2.05, 4.69) is 0 Å². The number of rotatable bonds is 2. The second-order valence-electron chi connectivity index (χ2n) is 4.09. The lowest BCUT2D eigenvalue weighted by Gasteiger charge is -2.28. The summed E-state index contributed by atoms with van der Waals surface area (Å²) in [6, 6.07) is 6.81. The molecular weight excluding hydrogens is 218 g/mol. The van der Waals surface area contributed by atoms with E-state index < -0.39 is 4.92 Å². The van der Waals surface area contributed by atoms with E-state index in [9.17, 15) is 10.1 Å². The number of anilines is 1. The number of hydrogen-bond acceptors (Lipinski definition) is 4. The molecule has 0 aliphatic carbocycles. The van der Waals surface area contributed by atoms with Gasteiger partial charge in [-0.15, -0.1) is 0 Å². The molecule has 0 saturated carbocycles. The quantitative estimate of drug-likeness (QED) is 0.579. The Morgan fingerprint density at radius 2 is 2.00 bits per heavy atom. The van der Waals surface area contributed by atoms with E-state index in [1.165, 1.54) is 12.5 Å². The molecule has 88 valence electrons. The maximum atomic E-state index is 11.1. The van der Waals surface area contributed by atoms with Crippen molar-refractivity contribution in [1.29, 1.82) is 5.26 Å². The van der Waals surface area contributed by atoms with Crippen LogP contribution in [0.1, 0.15) is 24.8 Å². The number of hydrogen-bond donors (Lipinski definition) is 0. The molecule has 0 N–H and O–H groups in total. The molecule has 1 aliphatic rings. The molecule has 0 atom stereocenters. The van der Waals surface area contributed by atoms with Crippen molar-refractivity contribution in [2.75, 3.05) is 18.0 Å². The topological polar surface area (TPSA) is 70.2 Å². The first kappa shape index (κ1) is 11.4. The lowest BCUT2D eigenvalue weighted by molar-refractivity contribution is -0.384. The smallest absolute Gasteiger partial charge is 0.310 e. The van der Waals surface area contributed by atoms with Gasteiger partial charge in [0.1, 0.15) is 17.3 Å². The van der Waals surface area contributed by atoms with Gasteiger partial charge in [0.25, 0.3) is 0 Å². The van der Waals surface area contributed by atoms with Gasteiger partial charge in [-0.1, -0.05) is 6.07 Å². The molecule has 1 heterocycles. The molecule has 0 spiro atoms. The molecular formula is C12H13N3O2. The number of nitrogens with zero attached hydrogens (tertiary/aromatic N) is 3. The maximum Gasteiger partial charge on any atom is 0.310 e. The fourth-order valence-electron chi connectivity index (χ4n) is 2.20. The average molecular weight is 231 g/mol. The summed E-state index contributed by atoms with van der Waals surface area (Å²) in [5.41, 5.74) is 0.656. The third-order valence-electron chi connectivity index (χ3n) is 3.01. The van der Waals surface area contributed by atoms with Crippen molar-refractivity contribution in [3.63, 3.8) is 0 Å². The van der Waals surface area contributed by atoms with Crippen molar-refractivity contribution in [1.82, 2.24) is 0 Å². The van der Waals surface area contributed by atoms with Crippen molar-refractivity contribution in [2.45, 2.75) is 19.3 Å². The first-order chi connectivity index (χ1) is 8.24. The molecule has 0 unspecified atom stereocenters. The fourth-order valence-corrected chi connectivity index (χ4v) is 2.20. The normalized spacial score (nSPS) is 15.4. The van der Waals surface area contributed by atoms with Crippen LogP contribution in [0.25, 0.3) is 0 Å². The Morgan fingerprint density at radius 1 is 1.29 bits per heavy atom. The first-order valence-electron chi connectivity index (χ1n) is 5.66. The number of nitro groups is 1. The van der Waals surface area contributed by atoms with Gasteiger partial charge in [-0.3, -0.25) is 10.1 Å². The minimum atomic E-state index is -0.456. The van der Waals surface area contributed by atoms with E-state index in [4.69, 9.17) is 5.26 Å². The Hall–Kier alpha value is -2.09. The van der Waals surface area contributed by atoms with Crippen LogP contribution < -0.4 is 4.90 Å². The summed E-state index contributed by atoms with van der Waals surface area (Å²) >= 11 is 0. The summed E-state index contributed by atoms with van der Waals surface area (Å²) in [7, 11) is 0. The highest BCUT2D eigenvalue weighted by Crippen LogP contribution is 2.32. The number of benzene rings is 1. The van der Waals surface area contributed by atoms with Crippen molar-refractivity contribution in [3.05, 3.63) is 33.9 Å². The molecule has 0 radical (unpaired) electrons. The summed E-state index contributed by atoms with van der Waals surface area (Å²) in [6.07, 6.45) is 3.27. The summed E-state index contributed by atoms with van der Waals surface area (Å²) in [5.74, 6) is 0. The largest absolute Gasteiger partial charge is 0.366 e. The third kappa shape index (κ3) is 2.21. The second kappa shape index (κ2) is 4.83. The molecule has 0 amide bonds. The van der Waals surface area contributed by atoms with Gasteiger partial charge in [0.05, 0.1) is 4.92 Å². The summed E-state index contributed by atoms with van der Waals surface area (Å²) in [5, 5.41) is 20.0. The van der Waals surface area contributed by atoms with E-state index in [1.807, 2.05) is 11.0 Å². The van der Waals surface area contributed by atoms with E-state index in [-0.39, 0.29) is 11.3 Å². The minimum Gasteiger partial charge on any atom is -0.366 e. The minimum absolute atomic E-state index is 0.0584. The average Bonchev–Trinajstić information content (AvgIpc) is 2.38. The van der Waals surface area contributed by atoms with Crippen LogP contribution in [0.3, 0.4) is 0 Å². The standard InChI is InChI=1S/C12H13N3O2/c13-9-10-5-4-6-11(12(10)15(16)17)14-7-2-1-3-8-14/h4-6H,1-3,7-8H2. The van der Waals surface area contributed by atoms with Gasteiger partial charge in [-0.05, 0) is 31.4 Å². The lowest BCUT2D eigenvalue weighted by Crippen LogP contribution is -2.30. The molecule has 1 aromatic carbocycles. The van der Waals surface area contributed by atoms with Gasteiger partial charge in [-0.25, -0.2) is 0 Å². The van der Waals surface area contributed by atoms with Gasteiger partial charge in [0, 0.05) is 13.1 Å². The lowest BCUT2D eigenvalue weighted by atomic mass is 10.1. The molecule has 1 aliphatic heterocycles. The Morgan fingerprint density at radius 3 is 2.59 bits per heavy atom. The molecule has 5 heteroatoms. The van der Waals surface area contributed by atoms with Crippen LogP contribution >= 0.6 is 0 Å². The van der Waals surface area contributed by atoms with Gasteiger partial charge in [0.2, 0.25) is 0 Å². The maximum absolute atomic E-state index is 11.1. The van der Waals surface area contributed by atoms with Crippen LogP contribution in [0.4, 0.5) is 11.4 Å². The van der Waals surface area contributed by atoms with Gasteiger partial charge in [-0.2, -0.15) is 5.26 Å². The highest BCUT2D eigenvalue weighted by atomic mass is 16.6. The molecule has 0 aromatic heterocycles. The monoisotopic (exact) mass is 231 g/mol. The van der Waals surface area contributed by atoms with E-state index in [1.54, 1.807) is 12.1 Å². The van der Waals surface area contributed by atoms with Crippen LogP contribution in [0.2, 0.25) is 0 Å². The Balaban J connectivity index is 2.45. The SMILES string of the molecule is N#Cc1cccc(N2CCCCC2)c1[N+](=O)[O-]. The van der Waals surface area contributed by atoms with Crippen molar-refractivity contribution in [3.8, 4) is 6.07 Å². The van der Waals surface area contributed by atoms with Crippen LogP contribution in [-0.4, -0.2) is 18.0 Å². The van der Waals surface area contributed by atoms with Crippen LogP contribution in [0.15, 0.2) is 18.2 Å². The Labute approximate surface area is 99.4 Å². The molecule has 0 bridgehead atoms. The van der Waals surface area contributed by atoms with E-state index in [0.717, 1.165) is 25.9 Å². The predicted molar refractivity (Wildman–Crippen MR) is 63.9 cm³/mol. The zero-order valence-corrected chi connectivity index (χ0v) is 9.43. The number of para-hydroxylation sites is 1. The number of nitro benzene ring substituents is 1. The Bertz CT molecular complexity index is 473. The Kier molecular flexibility index (Phi) is 3.24. The molecule has 17 heavy (non-hydrogen) atoms. The molecule has 1 aromatic rings. The van der Waals surface area contributed by atoms with Crippen LogP contribution in [0.5, 0.6) is 0 Å². The van der Waals surface area contributed by atoms with Crippen LogP contribution in [-0.2, 0) is 0 Å². The summed E-state index contributed by atoms with van der Waals surface area (Å²) in [6.45, 7) is 1.66. The van der Waals surface area contributed by atoms with Gasteiger partial charge < -0.3 is 4.90 Å². The molecule has 1 fully saturated rings. The zero-order valence-electron chi connectivity index (χ0n) is 9.43. The first-order valence-corrected chi connectivity index (χ1v) is 5.66. The molecule has 1 saturated heterocycles. The highest BCUT2D eigenvalue weighted by molar-refractivity contribution is 5.69. The second-order valence-corrected chi connectivity index (χ2v) is 4.09. The van der Waals surface area contributed by atoms with Crippen LogP contribution in [0, 0.1) is 21.4 Å². The number of piperidine rings is 1. The predicted octanol–water partition coefficient (Wildman–Crippen LogP) is 2.46.